The van der Waals surface area contributed by atoms with Gasteiger partial charge in [-0.2, -0.15) is 0 Å². The van der Waals surface area contributed by atoms with Crippen LogP contribution in [-0.4, -0.2) is 24.7 Å². The van der Waals surface area contributed by atoms with Crippen molar-refractivity contribution < 1.29 is 4.74 Å². The van der Waals surface area contributed by atoms with Crippen molar-refractivity contribution in [3.63, 3.8) is 0 Å². The fourth-order valence-electron chi connectivity index (χ4n) is 2.89. The minimum Gasteiger partial charge on any atom is -0.491 e. The number of hydrogen-bond acceptors (Lipinski definition) is 3. The molecule has 0 saturated carbocycles. The number of benzene rings is 1. The molecule has 0 radical (unpaired) electrons. The Kier molecular flexibility index (Phi) is 7.56. The molecule has 0 saturated heterocycles. The first-order valence-corrected chi connectivity index (χ1v) is 8.86. The molecule has 23 heavy (non-hydrogen) atoms. The zero-order valence-corrected chi connectivity index (χ0v) is 16.0. The van der Waals surface area contributed by atoms with Crippen LogP contribution in [0.25, 0.3) is 0 Å². The lowest BCUT2D eigenvalue weighted by Crippen LogP contribution is -2.44. The molecule has 0 aliphatic rings. The topological polar surface area (TPSA) is 47.3 Å². The van der Waals surface area contributed by atoms with E-state index in [1.54, 1.807) is 0 Å². The molecule has 4 atom stereocenters. The van der Waals surface area contributed by atoms with Gasteiger partial charge in [-0.25, -0.2) is 0 Å². The Balaban J connectivity index is 2.58. The van der Waals surface area contributed by atoms with Gasteiger partial charge in [-0.15, -0.1) is 0 Å². The van der Waals surface area contributed by atoms with Crippen LogP contribution in [0.4, 0.5) is 0 Å². The SMILES string of the molecule is CNC(C)(C)C(C)CC(C)Oc1ccc(C(C)CC(C)N)cc1. The number of nitrogens with one attached hydrogen (secondary N) is 1. The Bertz CT molecular complexity index is 453. The van der Waals surface area contributed by atoms with Crippen LogP contribution in [0.2, 0.25) is 0 Å². The third-order valence-electron chi connectivity index (χ3n) is 5.07. The molecule has 4 unspecified atom stereocenters. The van der Waals surface area contributed by atoms with E-state index in [4.69, 9.17) is 10.5 Å². The molecule has 3 nitrogen and oxygen atoms in total. The third kappa shape index (κ3) is 6.52. The van der Waals surface area contributed by atoms with Crippen molar-refractivity contribution in [2.24, 2.45) is 11.7 Å². The molecule has 0 aliphatic heterocycles. The second-order valence-electron chi connectivity index (χ2n) is 7.72. The standard InChI is InChI=1S/C20H36N2O/c1-14(12-16(3)21)18-8-10-19(11-9-18)23-17(4)13-15(2)20(5,6)22-7/h8-11,14-17,22H,12-13,21H2,1-7H3. The van der Waals surface area contributed by atoms with Gasteiger partial charge in [0.15, 0.2) is 0 Å². The lowest BCUT2D eigenvalue weighted by atomic mass is 9.85. The molecule has 1 aromatic carbocycles. The third-order valence-corrected chi connectivity index (χ3v) is 5.07. The van der Waals surface area contributed by atoms with E-state index in [1.165, 1.54) is 5.56 Å². The molecule has 0 fully saturated rings. The Labute approximate surface area is 143 Å². The van der Waals surface area contributed by atoms with E-state index in [2.05, 4.69) is 71.1 Å². The molecule has 0 bridgehead atoms. The fraction of sp³-hybridized carbons (Fsp3) is 0.700. The molecule has 0 heterocycles. The maximum Gasteiger partial charge on any atom is 0.119 e. The van der Waals surface area contributed by atoms with Crippen molar-refractivity contribution in [1.82, 2.24) is 5.32 Å². The van der Waals surface area contributed by atoms with Gasteiger partial charge in [-0.1, -0.05) is 26.0 Å². The monoisotopic (exact) mass is 320 g/mol. The largest absolute Gasteiger partial charge is 0.491 e. The fourth-order valence-corrected chi connectivity index (χ4v) is 2.89. The molecule has 132 valence electrons. The minimum absolute atomic E-state index is 0.121. The molecule has 0 amide bonds. The van der Waals surface area contributed by atoms with Crippen LogP contribution >= 0.6 is 0 Å². The van der Waals surface area contributed by atoms with Gasteiger partial charge in [0.05, 0.1) is 6.10 Å². The molecule has 0 aliphatic carbocycles. The molecule has 1 rings (SSSR count). The van der Waals surface area contributed by atoms with E-state index in [0.29, 0.717) is 11.8 Å². The van der Waals surface area contributed by atoms with Crippen LogP contribution in [0.5, 0.6) is 5.75 Å². The summed E-state index contributed by atoms with van der Waals surface area (Å²) in [4.78, 5) is 0. The van der Waals surface area contributed by atoms with Crippen LogP contribution in [0, 0.1) is 5.92 Å². The Morgan fingerprint density at radius 1 is 1.04 bits per heavy atom. The van der Waals surface area contributed by atoms with E-state index < -0.39 is 0 Å². The van der Waals surface area contributed by atoms with Gasteiger partial charge in [-0.05, 0) is 77.1 Å². The van der Waals surface area contributed by atoms with Crippen LogP contribution in [-0.2, 0) is 0 Å². The van der Waals surface area contributed by atoms with Crippen molar-refractivity contribution in [3.8, 4) is 5.75 Å². The molecular weight excluding hydrogens is 284 g/mol. The van der Waals surface area contributed by atoms with E-state index in [0.717, 1.165) is 18.6 Å². The van der Waals surface area contributed by atoms with Crippen molar-refractivity contribution in [3.05, 3.63) is 29.8 Å². The highest BCUT2D eigenvalue weighted by Gasteiger charge is 2.25. The smallest absolute Gasteiger partial charge is 0.119 e. The summed E-state index contributed by atoms with van der Waals surface area (Å²) in [6.45, 7) is 13.2. The summed E-state index contributed by atoms with van der Waals surface area (Å²) in [6.07, 6.45) is 2.23. The average Bonchev–Trinajstić information content (AvgIpc) is 2.46. The van der Waals surface area contributed by atoms with Gasteiger partial charge in [0.1, 0.15) is 5.75 Å². The maximum atomic E-state index is 6.09. The summed E-state index contributed by atoms with van der Waals surface area (Å²) in [5.41, 5.74) is 7.34. The molecule has 1 aromatic rings. The van der Waals surface area contributed by atoms with Gasteiger partial charge >= 0.3 is 0 Å². The summed E-state index contributed by atoms with van der Waals surface area (Å²) in [6, 6.07) is 8.72. The Morgan fingerprint density at radius 3 is 2.09 bits per heavy atom. The van der Waals surface area contributed by atoms with E-state index in [1.807, 2.05) is 7.05 Å². The van der Waals surface area contributed by atoms with Crippen LogP contribution in [0.1, 0.15) is 65.9 Å². The zero-order chi connectivity index (χ0) is 17.6. The van der Waals surface area contributed by atoms with E-state index >= 15 is 0 Å². The van der Waals surface area contributed by atoms with Crippen LogP contribution in [0.15, 0.2) is 24.3 Å². The predicted molar refractivity (Wildman–Crippen MR) is 100 cm³/mol. The highest BCUT2D eigenvalue weighted by molar-refractivity contribution is 5.29. The van der Waals surface area contributed by atoms with Gasteiger partial charge < -0.3 is 15.8 Å². The summed E-state index contributed by atoms with van der Waals surface area (Å²) < 4.78 is 6.09. The van der Waals surface area contributed by atoms with Gasteiger partial charge in [0.25, 0.3) is 0 Å². The van der Waals surface area contributed by atoms with Gasteiger partial charge in [0, 0.05) is 11.6 Å². The lowest BCUT2D eigenvalue weighted by Gasteiger charge is -2.33. The first-order valence-electron chi connectivity index (χ1n) is 8.86. The van der Waals surface area contributed by atoms with E-state index in [-0.39, 0.29) is 17.7 Å². The minimum atomic E-state index is 0.121. The van der Waals surface area contributed by atoms with Crippen molar-refractivity contribution in [1.29, 1.82) is 0 Å². The first kappa shape index (κ1) is 20.0. The second kappa shape index (κ2) is 8.70. The van der Waals surface area contributed by atoms with Crippen molar-refractivity contribution in [2.75, 3.05) is 7.05 Å². The summed E-state index contributed by atoms with van der Waals surface area (Å²) in [5, 5.41) is 3.38. The number of ether oxygens (including phenoxy) is 1. The number of hydrogen-bond donors (Lipinski definition) is 2. The molecule has 3 N–H and O–H groups in total. The summed E-state index contributed by atoms with van der Waals surface area (Å²) in [7, 11) is 2.02. The Hall–Kier alpha value is -1.06. The molecule has 0 aromatic heterocycles. The van der Waals surface area contributed by atoms with Crippen molar-refractivity contribution >= 4 is 0 Å². The number of nitrogens with two attached hydrogens (primary N) is 1. The maximum absolute atomic E-state index is 6.09. The van der Waals surface area contributed by atoms with Crippen LogP contribution < -0.4 is 15.8 Å². The summed E-state index contributed by atoms with van der Waals surface area (Å²) in [5.74, 6) is 1.97. The lowest BCUT2D eigenvalue weighted by molar-refractivity contribution is 0.154. The predicted octanol–water partition coefficient (Wildman–Crippen LogP) is 4.32. The van der Waals surface area contributed by atoms with Gasteiger partial charge in [-0.3, -0.25) is 0 Å². The zero-order valence-electron chi connectivity index (χ0n) is 16.0. The normalized spacial score (nSPS) is 17.4. The highest BCUT2D eigenvalue weighted by Crippen LogP contribution is 2.25. The van der Waals surface area contributed by atoms with Gasteiger partial charge in [0.2, 0.25) is 0 Å². The van der Waals surface area contributed by atoms with Crippen LogP contribution in [0.3, 0.4) is 0 Å². The first-order chi connectivity index (χ1) is 10.7. The quantitative estimate of drug-likeness (QED) is 0.712. The molecule has 0 spiro atoms. The number of rotatable bonds is 9. The van der Waals surface area contributed by atoms with E-state index in [9.17, 15) is 0 Å². The second-order valence-corrected chi connectivity index (χ2v) is 7.72. The van der Waals surface area contributed by atoms with Crippen molar-refractivity contribution in [2.45, 2.75) is 78.0 Å². The molecular formula is C20H36N2O. The average molecular weight is 321 g/mol. The highest BCUT2D eigenvalue weighted by atomic mass is 16.5. The Morgan fingerprint density at radius 2 is 1.61 bits per heavy atom. The summed E-state index contributed by atoms with van der Waals surface area (Å²) >= 11 is 0. The molecule has 3 heteroatoms.